The number of hydrogen-bond donors (Lipinski definition) is 1. The summed E-state index contributed by atoms with van der Waals surface area (Å²) in [5.41, 5.74) is 6.04. The van der Waals surface area contributed by atoms with Gasteiger partial charge in [-0.25, -0.2) is 0 Å². The molecule has 19 heavy (non-hydrogen) atoms. The van der Waals surface area contributed by atoms with Crippen LogP contribution < -0.4 is 5.73 Å². The van der Waals surface area contributed by atoms with Crippen LogP contribution in [0.1, 0.15) is 32.1 Å². The highest BCUT2D eigenvalue weighted by Crippen LogP contribution is 2.40. The van der Waals surface area contributed by atoms with Gasteiger partial charge >= 0.3 is 0 Å². The van der Waals surface area contributed by atoms with Crippen LogP contribution in [-0.2, 0) is 4.74 Å². The van der Waals surface area contributed by atoms with Crippen molar-refractivity contribution in [3.8, 4) is 0 Å². The predicted molar refractivity (Wildman–Crippen MR) is 84.7 cm³/mol. The molecule has 3 nitrogen and oxygen atoms in total. The molecule has 2 N–H and O–H groups in total. The van der Waals surface area contributed by atoms with Gasteiger partial charge in [0.05, 0.1) is 10.6 Å². The van der Waals surface area contributed by atoms with Gasteiger partial charge in [0.25, 0.3) is 0 Å². The van der Waals surface area contributed by atoms with E-state index in [1.165, 1.54) is 50.2 Å². The summed E-state index contributed by atoms with van der Waals surface area (Å²) < 4.78 is 6.12. The second-order valence-electron chi connectivity index (χ2n) is 6.22. The molecule has 0 saturated carbocycles. The number of piperidine rings is 1. The first-order valence-electron chi connectivity index (χ1n) is 7.44. The smallest absolute Gasteiger partial charge is 0.0795 e. The van der Waals surface area contributed by atoms with Crippen LogP contribution in [0.15, 0.2) is 0 Å². The van der Waals surface area contributed by atoms with Gasteiger partial charge in [0.2, 0.25) is 0 Å². The molecule has 3 rings (SSSR count). The van der Waals surface area contributed by atoms with E-state index in [1.807, 2.05) is 11.8 Å². The highest BCUT2D eigenvalue weighted by molar-refractivity contribution is 7.99. The molecular weight excluding hydrogens is 276 g/mol. The van der Waals surface area contributed by atoms with Crippen LogP contribution >= 0.6 is 24.0 Å². The lowest BCUT2D eigenvalue weighted by atomic mass is 9.87. The summed E-state index contributed by atoms with van der Waals surface area (Å²) in [5.74, 6) is 2.89. The molecule has 0 aromatic rings. The largest absolute Gasteiger partial charge is 0.393 e. The fraction of sp³-hybridized carbons (Fsp3) is 0.929. The topological polar surface area (TPSA) is 38.5 Å². The van der Waals surface area contributed by atoms with Gasteiger partial charge in [-0.2, -0.15) is 11.8 Å². The van der Waals surface area contributed by atoms with E-state index in [-0.39, 0.29) is 5.60 Å². The molecule has 0 amide bonds. The van der Waals surface area contributed by atoms with E-state index < -0.39 is 0 Å². The molecule has 3 aliphatic rings. The first-order valence-corrected chi connectivity index (χ1v) is 9.00. The minimum Gasteiger partial charge on any atom is -0.393 e. The monoisotopic (exact) mass is 300 g/mol. The molecule has 0 aromatic carbocycles. The van der Waals surface area contributed by atoms with E-state index in [9.17, 15) is 0 Å². The number of thioether (sulfide) groups is 1. The predicted octanol–water partition coefficient (Wildman–Crippen LogP) is 2.04. The van der Waals surface area contributed by atoms with Crippen LogP contribution in [0.4, 0.5) is 0 Å². The summed E-state index contributed by atoms with van der Waals surface area (Å²) in [6.07, 6.45) is 6.04. The highest BCUT2D eigenvalue weighted by atomic mass is 32.2. The summed E-state index contributed by atoms with van der Waals surface area (Å²) in [6, 6.07) is 0.685. The molecule has 108 valence electrons. The lowest BCUT2D eigenvalue weighted by Gasteiger charge is -2.45. The van der Waals surface area contributed by atoms with Gasteiger partial charge in [0, 0.05) is 30.9 Å². The van der Waals surface area contributed by atoms with Gasteiger partial charge in [-0.15, -0.1) is 0 Å². The fourth-order valence-corrected chi connectivity index (χ4v) is 5.32. The second kappa shape index (κ2) is 5.88. The Morgan fingerprint density at radius 3 is 3.05 bits per heavy atom. The maximum absolute atomic E-state index is 6.12. The van der Waals surface area contributed by atoms with Crippen LogP contribution in [-0.4, -0.2) is 52.7 Å². The number of likely N-dealkylation sites (tertiary alicyclic amines) is 1. The number of ether oxygens (including phenoxy) is 1. The third-order valence-corrected chi connectivity index (χ3v) is 6.46. The van der Waals surface area contributed by atoms with Gasteiger partial charge in [0.15, 0.2) is 0 Å². The average molecular weight is 300 g/mol. The number of nitrogens with zero attached hydrogens (tertiary/aromatic N) is 1. The Labute approximate surface area is 125 Å². The Balaban J connectivity index is 1.63. The van der Waals surface area contributed by atoms with Crippen molar-refractivity contribution in [2.24, 2.45) is 11.7 Å². The normalized spacial score (nSPS) is 40.6. The van der Waals surface area contributed by atoms with E-state index in [2.05, 4.69) is 4.90 Å². The molecule has 1 spiro atoms. The molecule has 0 aromatic heterocycles. The molecule has 0 radical (unpaired) electrons. The van der Waals surface area contributed by atoms with Crippen LogP contribution in [0.5, 0.6) is 0 Å². The molecule has 3 fully saturated rings. The first-order chi connectivity index (χ1) is 9.19. The van der Waals surface area contributed by atoms with Crippen molar-refractivity contribution < 1.29 is 4.74 Å². The van der Waals surface area contributed by atoms with Gasteiger partial charge in [-0.05, 0) is 44.4 Å². The van der Waals surface area contributed by atoms with Gasteiger partial charge < -0.3 is 10.5 Å². The maximum atomic E-state index is 6.12. The van der Waals surface area contributed by atoms with Crippen LogP contribution in [0, 0.1) is 5.92 Å². The maximum Gasteiger partial charge on any atom is 0.0795 e. The summed E-state index contributed by atoms with van der Waals surface area (Å²) in [4.78, 5) is 3.35. The van der Waals surface area contributed by atoms with E-state index in [0.717, 1.165) is 13.2 Å². The molecule has 3 aliphatic heterocycles. The molecule has 0 aliphatic carbocycles. The zero-order valence-corrected chi connectivity index (χ0v) is 13.1. The van der Waals surface area contributed by atoms with Crippen molar-refractivity contribution in [3.05, 3.63) is 0 Å². The Morgan fingerprint density at radius 2 is 2.32 bits per heavy atom. The van der Waals surface area contributed by atoms with Crippen molar-refractivity contribution in [1.82, 2.24) is 4.90 Å². The van der Waals surface area contributed by atoms with Crippen molar-refractivity contribution >= 4 is 29.0 Å². The van der Waals surface area contributed by atoms with E-state index in [0.29, 0.717) is 16.9 Å². The van der Waals surface area contributed by atoms with Crippen molar-refractivity contribution in [3.63, 3.8) is 0 Å². The van der Waals surface area contributed by atoms with E-state index in [1.54, 1.807) is 0 Å². The van der Waals surface area contributed by atoms with Crippen molar-refractivity contribution in [2.75, 3.05) is 31.2 Å². The van der Waals surface area contributed by atoms with Gasteiger partial charge in [-0.3, -0.25) is 4.90 Å². The standard InChI is InChI=1S/C14H24N2OS2/c15-13(18)11-2-1-5-16(9-11)12-3-6-17-14(8-12)4-7-19-10-14/h11-12H,1-10H2,(H2,15,18). The molecule has 3 saturated heterocycles. The van der Waals surface area contributed by atoms with Gasteiger partial charge in [-0.1, -0.05) is 12.2 Å². The van der Waals surface area contributed by atoms with Crippen molar-refractivity contribution in [1.29, 1.82) is 0 Å². The molecule has 3 atom stereocenters. The van der Waals surface area contributed by atoms with Crippen LogP contribution in [0.3, 0.4) is 0 Å². The summed E-state index contributed by atoms with van der Waals surface area (Å²) >= 11 is 7.24. The third-order valence-electron chi connectivity index (χ3n) is 4.91. The summed E-state index contributed by atoms with van der Waals surface area (Å²) in [5, 5.41) is 0. The van der Waals surface area contributed by atoms with E-state index >= 15 is 0 Å². The molecule has 0 bridgehead atoms. The Kier molecular flexibility index (Phi) is 4.37. The first kappa shape index (κ1) is 14.1. The second-order valence-corrected chi connectivity index (χ2v) is 7.79. The summed E-state index contributed by atoms with van der Waals surface area (Å²) in [7, 11) is 0. The highest BCUT2D eigenvalue weighted by Gasteiger charge is 2.42. The number of hydrogen-bond acceptors (Lipinski definition) is 4. The molecular formula is C14H24N2OS2. The number of nitrogens with two attached hydrogens (primary N) is 1. The van der Waals surface area contributed by atoms with Gasteiger partial charge in [0.1, 0.15) is 0 Å². The lowest BCUT2D eigenvalue weighted by Crippen LogP contribution is -2.52. The van der Waals surface area contributed by atoms with E-state index in [4.69, 9.17) is 22.7 Å². The fourth-order valence-electron chi connectivity index (χ4n) is 3.75. The van der Waals surface area contributed by atoms with Crippen LogP contribution in [0.25, 0.3) is 0 Å². The lowest BCUT2D eigenvalue weighted by molar-refractivity contribution is -0.0925. The minimum atomic E-state index is 0.184. The number of rotatable bonds is 2. The SMILES string of the molecule is NC(=S)C1CCCN(C2CCOC3(CCSC3)C2)C1. The quantitative estimate of drug-likeness (QED) is 0.790. The Morgan fingerprint density at radius 1 is 1.42 bits per heavy atom. The zero-order chi connectivity index (χ0) is 13.3. The minimum absolute atomic E-state index is 0.184. The Bertz CT molecular complexity index is 344. The molecule has 3 heterocycles. The van der Waals surface area contributed by atoms with Crippen LogP contribution in [0.2, 0.25) is 0 Å². The van der Waals surface area contributed by atoms with Crippen molar-refractivity contribution in [2.45, 2.75) is 43.7 Å². The zero-order valence-electron chi connectivity index (χ0n) is 11.5. The Hall–Kier alpha value is 0.160. The number of thiocarbonyl (C=S) groups is 1. The third kappa shape index (κ3) is 3.09. The summed E-state index contributed by atoms with van der Waals surface area (Å²) in [6.45, 7) is 3.22. The average Bonchev–Trinajstić information content (AvgIpc) is 2.87. The molecule has 3 unspecified atom stereocenters. The molecule has 5 heteroatoms.